The average molecular weight is 382 g/mol. The first-order valence-corrected chi connectivity index (χ1v) is 10.0. The lowest BCUT2D eigenvalue weighted by Gasteiger charge is -2.26. The molecule has 1 N–H and O–H groups in total. The van der Waals surface area contributed by atoms with Crippen LogP contribution in [0, 0.1) is 20.8 Å². The third kappa shape index (κ3) is 3.49. The number of carbonyl (C=O) groups excluding carboxylic acids is 1. The van der Waals surface area contributed by atoms with Gasteiger partial charge in [0, 0.05) is 34.3 Å². The number of rotatable bonds is 4. The molecule has 0 saturated carbocycles. The Labute approximate surface area is 163 Å². The summed E-state index contributed by atoms with van der Waals surface area (Å²) in [6.45, 7) is 7.02. The van der Waals surface area contributed by atoms with Gasteiger partial charge in [-0.25, -0.2) is 4.98 Å². The number of amides is 1. The molecule has 1 unspecified atom stereocenters. The maximum Gasteiger partial charge on any atom is 0.240 e. The fraction of sp³-hybridized carbons (Fsp3) is 0.333. The van der Waals surface area contributed by atoms with E-state index in [-0.39, 0.29) is 11.9 Å². The van der Waals surface area contributed by atoms with E-state index in [2.05, 4.69) is 26.3 Å². The molecule has 1 amide bonds. The first-order valence-electron chi connectivity index (χ1n) is 9.13. The Kier molecular flexibility index (Phi) is 4.74. The van der Waals surface area contributed by atoms with Crippen molar-refractivity contribution >= 4 is 17.2 Å². The van der Waals surface area contributed by atoms with Gasteiger partial charge in [0.2, 0.25) is 5.91 Å². The number of para-hydroxylation sites is 1. The van der Waals surface area contributed by atoms with Gasteiger partial charge in [0.25, 0.3) is 0 Å². The number of nitrogens with one attached hydrogen (secondary N) is 1. The van der Waals surface area contributed by atoms with E-state index in [1.807, 2.05) is 45.0 Å². The van der Waals surface area contributed by atoms with Gasteiger partial charge in [-0.3, -0.25) is 4.79 Å². The summed E-state index contributed by atoms with van der Waals surface area (Å²) in [7, 11) is 0. The summed E-state index contributed by atoms with van der Waals surface area (Å²) in [4.78, 5) is 17.3. The number of nitrogens with zero attached hydrogens (tertiary/aromatic N) is 2. The lowest BCUT2D eigenvalue weighted by Crippen LogP contribution is -2.34. The molecule has 2 aromatic heterocycles. The quantitative estimate of drug-likeness (QED) is 0.738. The second-order valence-electron chi connectivity index (χ2n) is 6.92. The number of aryl methyl sites for hydroxylation is 2. The normalized spacial score (nSPS) is 15.9. The smallest absolute Gasteiger partial charge is 0.240 e. The molecule has 6 heteroatoms. The number of aromatic nitrogens is 2. The highest BCUT2D eigenvalue weighted by Gasteiger charge is 2.23. The van der Waals surface area contributed by atoms with Crippen LogP contribution < -0.4 is 10.1 Å². The number of hydrogen-bond donors (Lipinski definition) is 1. The summed E-state index contributed by atoms with van der Waals surface area (Å²) in [5, 5.41) is 6.29. The zero-order valence-electron chi connectivity index (χ0n) is 15.8. The van der Waals surface area contributed by atoms with E-state index in [0.717, 1.165) is 45.4 Å². The molecule has 0 saturated heterocycles. The van der Waals surface area contributed by atoms with Crippen molar-refractivity contribution in [3.63, 3.8) is 0 Å². The highest BCUT2D eigenvalue weighted by molar-refractivity contribution is 7.09. The Balaban J connectivity index is 1.52. The van der Waals surface area contributed by atoms with E-state index in [1.165, 1.54) is 0 Å². The summed E-state index contributed by atoms with van der Waals surface area (Å²) in [6, 6.07) is 10.0. The van der Waals surface area contributed by atoms with Gasteiger partial charge in [-0.05, 0) is 32.9 Å². The van der Waals surface area contributed by atoms with Crippen molar-refractivity contribution in [3.05, 3.63) is 57.7 Å². The van der Waals surface area contributed by atoms with Crippen LogP contribution in [0.2, 0.25) is 0 Å². The van der Waals surface area contributed by atoms with Crippen molar-refractivity contribution in [3.8, 4) is 17.0 Å². The van der Waals surface area contributed by atoms with E-state index < -0.39 is 0 Å². The fourth-order valence-electron chi connectivity index (χ4n) is 3.67. The summed E-state index contributed by atoms with van der Waals surface area (Å²) in [5.74, 6) is 0.878. The summed E-state index contributed by atoms with van der Waals surface area (Å²) < 4.78 is 7.74. The summed E-state index contributed by atoms with van der Waals surface area (Å²) in [6.07, 6.45) is 0.787. The lowest BCUT2D eigenvalue weighted by molar-refractivity contribution is -0.122. The van der Waals surface area contributed by atoms with Crippen LogP contribution in [0.3, 0.4) is 0 Å². The number of thiazole rings is 1. The van der Waals surface area contributed by atoms with E-state index in [1.54, 1.807) is 11.3 Å². The van der Waals surface area contributed by atoms with Crippen molar-refractivity contribution in [2.24, 2.45) is 0 Å². The number of carbonyl (C=O) groups is 1. The van der Waals surface area contributed by atoms with Crippen LogP contribution >= 0.6 is 11.3 Å². The summed E-state index contributed by atoms with van der Waals surface area (Å²) >= 11 is 1.64. The van der Waals surface area contributed by atoms with Gasteiger partial charge < -0.3 is 14.6 Å². The molecule has 27 heavy (non-hydrogen) atoms. The van der Waals surface area contributed by atoms with Crippen molar-refractivity contribution in [2.75, 3.05) is 6.61 Å². The highest BCUT2D eigenvalue weighted by Crippen LogP contribution is 2.32. The average Bonchev–Trinajstić information content (AvgIpc) is 3.20. The van der Waals surface area contributed by atoms with Gasteiger partial charge >= 0.3 is 0 Å². The standard InChI is InChI=1S/C21H23N3O2S/c1-13-10-17(19-12-27-15(3)22-19)14(2)24(13)11-21(25)23-18-8-9-26-20-7-5-4-6-16(18)20/h4-7,10,12,18H,8-9,11H2,1-3H3,(H,23,25). The zero-order valence-corrected chi connectivity index (χ0v) is 16.6. The third-order valence-electron chi connectivity index (χ3n) is 5.06. The highest BCUT2D eigenvalue weighted by atomic mass is 32.1. The van der Waals surface area contributed by atoms with Gasteiger partial charge in [0.15, 0.2) is 0 Å². The van der Waals surface area contributed by atoms with Crippen LogP contribution in [-0.4, -0.2) is 22.1 Å². The van der Waals surface area contributed by atoms with Crippen molar-refractivity contribution in [1.82, 2.24) is 14.9 Å². The monoisotopic (exact) mass is 381 g/mol. The largest absolute Gasteiger partial charge is 0.493 e. The van der Waals surface area contributed by atoms with Crippen molar-refractivity contribution in [1.29, 1.82) is 0 Å². The maximum absolute atomic E-state index is 12.8. The Bertz CT molecular complexity index is 989. The minimum Gasteiger partial charge on any atom is -0.493 e. The maximum atomic E-state index is 12.8. The molecule has 3 aromatic rings. The SMILES string of the molecule is Cc1nc(-c2cc(C)n(CC(=O)NC3CCOc4ccccc43)c2C)cs1. The molecule has 1 aliphatic rings. The second-order valence-corrected chi connectivity index (χ2v) is 7.98. The van der Waals surface area contributed by atoms with E-state index in [9.17, 15) is 4.79 Å². The second kappa shape index (κ2) is 7.19. The van der Waals surface area contributed by atoms with Gasteiger partial charge in [0.1, 0.15) is 12.3 Å². The van der Waals surface area contributed by atoms with Gasteiger partial charge in [-0.1, -0.05) is 18.2 Å². The molecular weight excluding hydrogens is 358 g/mol. The van der Waals surface area contributed by atoms with E-state index in [0.29, 0.717) is 13.2 Å². The molecule has 0 fully saturated rings. The first-order chi connectivity index (χ1) is 13.0. The molecule has 5 nitrogen and oxygen atoms in total. The molecule has 1 aromatic carbocycles. The topological polar surface area (TPSA) is 56.2 Å². The predicted octanol–water partition coefficient (Wildman–Crippen LogP) is 4.18. The Morgan fingerprint density at radius 2 is 2.15 bits per heavy atom. The molecule has 0 aliphatic carbocycles. The Morgan fingerprint density at radius 1 is 1.33 bits per heavy atom. The first kappa shape index (κ1) is 17.8. The molecule has 1 aliphatic heterocycles. The fourth-order valence-corrected chi connectivity index (χ4v) is 4.28. The molecule has 3 heterocycles. The van der Waals surface area contributed by atoms with Gasteiger partial charge in [-0.2, -0.15) is 0 Å². The van der Waals surface area contributed by atoms with Crippen molar-refractivity contribution in [2.45, 2.75) is 39.8 Å². The van der Waals surface area contributed by atoms with Crippen LogP contribution in [0.1, 0.15) is 34.4 Å². The third-order valence-corrected chi connectivity index (χ3v) is 5.84. The minimum absolute atomic E-state index is 0.000662. The Morgan fingerprint density at radius 3 is 2.93 bits per heavy atom. The molecule has 0 bridgehead atoms. The van der Waals surface area contributed by atoms with E-state index in [4.69, 9.17) is 4.74 Å². The minimum atomic E-state index is -0.000662. The summed E-state index contributed by atoms with van der Waals surface area (Å²) in [5.41, 5.74) is 5.27. The van der Waals surface area contributed by atoms with Gasteiger partial charge in [-0.15, -0.1) is 11.3 Å². The number of ether oxygens (including phenoxy) is 1. The lowest BCUT2D eigenvalue weighted by atomic mass is 10.0. The number of fused-ring (bicyclic) bond motifs is 1. The van der Waals surface area contributed by atoms with Crippen LogP contribution in [0.25, 0.3) is 11.3 Å². The molecular formula is C21H23N3O2S. The molecule has 0 radical (unpaired) electrons. The molecule has 0 spiro atoms. The van der Waals surface area contributed by atoms with Crippen LogP contribution in [0.15, 0.2) is 35.7 Å². The Hall–Kier alpha value is -2.60. The van der Waals surface area contributed by atoms with Crippen molar-refractivity contribution < 1.29 is 9.53 Å². The number of hydrogen-bond acceptors (Lipinski definition) is 4. The van der Waals surface area contributed by atoms with Crippen LogP contribution in [-0.2, 0) is 11.3 Å². The molecule has 4 rings (SSSR count). The van der Waals surface area contributed by atoms with Crippen LogP contribution in [0.5, 0.6) is 5.75 Å². The zero-order chi connectivity index (χ0) is 19.0. The predicted molar refractivity (Wildman–Crippen MR) is 107 cm³/mol. The molecule has 1 atom stereocenters. The van der Waals surface area contributed by atoms with E-state index >= 15 is 0 Å². The van der Waals surface area contributed by atoms with Gasteiger partial charge in [0.05, 0.1) is 23.4 Å². The van der Waals surface area contributed by atoms with Crippen LogP contribution in [0.4, 0.5) is 0 Å². The molecule has 140 valence electrons. The number of benzene rings is 1.